The lowest BCUT2D eigenvalue weighted by Gasteiger charge is -2.17. The van der Waals surface area contributed by atoms with Crippen LogP contribution in [0.2, 0.25) is 0 Å². The first kappa shape index (κ1) is 16.3. The topological polar surface area (TPSA) is 58.9 Å². The minimum Gasteiger partial charge on any atom is -0.320 e. The van der Waals surface area contributed by atoms with E-state index in [0.29, 0.717) is 11.6 Å². The molecule has 1 saturated heterocycles. The number of carbonyl (C=O) groups is 1. The van der Waals surface area contributed by atoms with Gasteiger partial charge >= 0.3 is 0 Å². The van der Waals surface area contributed by atoms with Gasteiger partial charge in [0.25, 0.3) is 5.91 Å². The third-order valence-corrected chi connectivity index (χ3v) is 4.29. The number of piperidine rings is 1. The molecule has 2 heterocycles. The zero-order valence-electron chi connectivity index (χ0n) is 14.1. The van der Waals surface area contributed by atoms with Crippen molar-refractivity contribution in [3.05, 3.63) is 47.3 Å². The van der Waals surface area contributed by atoms with Gasteiger partial charge in [-0.2, -0.15) is 5.10 Å². The Morgan fingerprint density at radius 3 is 2.79 bits per heavy atom. The molecule has 2 N–H and O–H groups in total. The molecule has 0 unspecified atom stereocenters. The normalized spacial score (nSPS) is 14.8. The van der Waals surface area contributed by atoms with Gasteiger partial charge in [0.15, 0.2) is 0 Å². The second-order valence-electron chi connectivity index (χ2n) is 6.12. The third kappa shape index (κ3) is 3.84. The van der Waals surface area contributed by atoms with E-state index in [-0.39, 0.29) is 5.91 Å². The van der Waals surface area contributed by atoms with Gasteiger partial charge in [0.05, 0.1) is 0 Å². The number of rotatable bonds is 2. The van der Waals surface area contributed by atoms with Gasteiger partial charge in [-0.05, 0) is 62.7 Å². The first-order valence-electron chi connectivity index (χ1n) is 8.26. The molecule has 124 valence electrons. The molecule has 0 saturated carbocycles. The maximum Gasteiger partial charge on any atom is 0.273 e. The first-order chi connectivity index (χ1) is 11.6. The van der Waals surface area contributed by atoms with E-state index in [9.17, 15) is 4.79 Å². The van der Waals surface area contributed by atoms with Gasteiger partial charge in [-0.15, -0.1) is 0 Å². The standard InChI is InChI=1S/C19H22N4O/c1-14-13-16(4-3-15-7-10-20-11-8-15)5-6-17(14)22-19(24)18-9-12-21-23(18)2/h5-6,9,12-13,15,20H,7-8,10-11H2,1-2H3,(H,22,24). The van der Waals surface area contributed by atoms with Gasteiger partial charge in [-0.3, -0.25) is 9.48 Å². The van der Waals surface area contributed by atoms with Crippen LogP contribution in [-0.4, -0.2) is 28.8 Å². The van der Waals surface area contributed by atoms with Crippen LogP contribution >= 0.6 is 0 Å². The average molecular weight is 322 g/mol. The van der Waals surface area contributed by atoms with E-state index in [1.54, 1.807) is 24.0 Å². The van der Waals surface area contributed by atoms with Crippen LogP contribution in [0, 0.1) is 24.7 Å². The van der Waals surface area contributed by atoms with Crippen LogP contribution in [0.5, 0.6) is 0 Å². The first-order valence-corrected chi connectivity index (χ1v) is 8.26. The predicted octanol–water partition coefficient (Wildman–Crippen LogP) is 2.33. The molecule has 24 heavy (non-hydrogen) atoms. The molecule has 1 fully saturated rings. The van der Waals surface area contributed by atoms with Gasteiger partial charge in [0.2, 0.25) is 0 Å². The van der Waals surface area contributed by atoms with E-state index in [1.165, 1.54) is 0 Å². The maximum atomic E-state index is 12.3. The largest absolute Gasteiger partial charge is 0.320 e. The number of nitrogens with zero attached hydrogens (tertiary/aromatic N) is 2. The van der Waals surface area contributed by atoms with Crippen molar-refractivity contribution in [2.75, 3.05) is 18.4 Å². The highest BCUT2D eigenvalue weighted by Gasteiger charge is 2.12. The minimum atomic E-state index is -0.161. The summed E-state index contributed by atoms with van der Waals surface area (Å²) in [7, 11) is 1.75. The summed E-state index contributed by atoms with van der Waals surface area (Å²) in [4.78, 5) is 12.3. The third-order valence-electron chi connectivity index (χ3n) is 4.29. The second kappa shape index (κ2) is 7.33. The Morgan fingerprint density at radius 1 is 1.33 bits per heavy atom. The van der Waals surface area contributed by atoms with E-state index in [2.05, 4.69) is 27.6 Å². The smallest absolute Gasteiger partial charge is 0.273 e. The molecule has 1 amide bonds. The number of hydrogen-bond donors (Lipinski definition) is 2. The lowest BCUT2D eigenvalue weighted by atomic mass is 9.98. The van der Waals surface area contributed by atoms with Gasteiger partial charge < -0.3 is 10.6 Å². The zero-order valence-corrected chi connectivity index (χ0v) is 14.1. The highest BCUT2D eigenvalue weighted by Crippen LogP contribution is 2.18. The molecule has 3 rings (SSSR count). The second-order valence-corrected chi connectivity index (χ2v) is 6.12. The molecule has 2 aromatic rings. The quantitative estimate of drug-likeness (QED) is 0.834. The number of nitrogens with one attached hydrogen (secondary N) is 2. The van der Waals surface area contributed by atoms with Crippen LogP contribution in [0.1, 0.15) is 34.5 Å². The number of benzene rings is 1. The summed E-state index contributed by atoms with van der Waals surface area (Å²) < 4.78 is 1.56. The van der Waals surface area contributed by atoms with E-state index in [1.807, 2.05) is 25.1 Å². The van der Waals surface area contributed by atoms with Gasteiger partial charge in [0, 0.05) is 30.4 Å². The van der Waals surface area contributed by atoms with Gasteiger partial charge in [-0.1, -0.05) is 11.8 Å². The van der Waals surface area contributed by atoms with E-state index in [0.717, 1.165) is 42.7 Å². The van der Waals surface area contributed by atoms with E-state index >= 15 is 0 Å². The van der Waals surface area contributed by atoms with Gasteiger partial charge in [0.1, 0.15) is 5.69 Å². The molecule has 0 atom stereocenters. The molecule has 0 aliphatic carbocycles. The van der Waals surface area contributed by atoms with Crippen LogP contribution in [0.15, 0.2) is 30.5 Å². The number of hydrogen-bond acceptors (Lipinski definition) is 3. The molecule has 1 aliphatic rings. The summed E-state index contributed by atoms with van der Waals surface area (Å²) in [5.74, 6) is 6.96. The number of aryl methyl sites for hydroxylation is 2. The summed E-state index contributed by atoms with van der Waals surface area (Å²) in [6, 6.07) is 7.59. The van der Waals surface area contributed by atoms with Crippen molar-refractivity contribution < 1.29 is 4.79 Å². The summed E-state index contributed by atoms with van der Waals surface area (Å²) in [6.07, 6.45) is 3.84. The molecule has 5 nitrogen and oxygen atoms in total. The number of carbonyl (C=O) groups excluding carboxylic acids is 1. The molecule has 1 aromatic heterocycles. The van der Waals surface area contributed by atoms with Crippen molar-refractivity contribution in [2.45, 2.75) is 19.8 Å². The molecule has 0 spiro atoms. The monoisotopic (exact) mass is 322 g/mol. The Kier molecular flexibility index (Phi) is 4.97. The Morgan fingerprint density at radius 2 is 2.12 bits per heavy atom. The lowest BCUT2D eigenvalue weighted by molar-refractivity contribution is 0.101. The Labute approximate surface area is 142 Å². The molecule has 5 heteroatoms. The van der Waals surface area contributed by atoms with Crippen molar-refractivity contribution in [3.63, 3.8) is 0 Å². The SMILES string of the molecule is Cc1cc(C#CC2CCNCC2)ccc1NC(=O)c1ccnn1C. The van der Waals surface area contributed by atoms with Crippen LogP contribution in [-0.2, 0) is 7.05 Å². The summed E-state index contributed by atoms with van der Waals surface area (Å²) >= 11 is 0. The number of aromatic nitrogens is 2. The van der Waals surface area contributed by atoms with Crippen LogP contribution in [0.3, 0.4) is 0 Å². The van der Waals surface area contributed by atoms with Crippen molar-refractivity contribution in [1.29, 1.82) is 0 Å². The van der Waals surface area contributed by atoms with Crippen molar-refractivity contribution in [3.8, 4) is 11.8 Å². The fourth-order valence-electron chi connectivity index (χ4n) is 2.82. The fourth-order valence-corrected chi connectivity index (χ4v) is 2.82. The minimum absolute atomic E-state index is 0.161. The van der Waals surface area contributed by atoms with Crippen molar-refractivity contribution in [1.82, 2.24) is 15.1 Å². The van der Waals surface area contributed by atoms with Crippen LogP contribution < -0.4 is 10.6 Å². The van der Waals surface area contributed by atoms with E-state index < -0.39 is 0 Å². The maximum absolute atomic E-state index is 12.3. The molecule has 0 bridgehead atoms. The van der Waals surface area contributed by atoms with E-state index in [4.69, 9.17) is 0 Å². The van der Waals surface area contributed by atoms with Crippen LogP contribution in [0.25, 0.3) is 0 Å². The zero-order chi connectivity index (χ0) is 16.9. The summed E-state index contributed by atoms with van der Waals surface area (Å²) in [5.41, 5.74) is 3.32. The molecule has 1 aliphatic heterocycles. The Hall–Kier alpha value is -2.58. The Balaban J connectivity index is 1.69. The summed E-state index contributed by atoms with van der Waals surface area (Å²) in [5, 5.41) is 10.3. The molecule has 1 aromatic carbocycles. The highest BCUT2D eigenvalue weighted by atomic mass is 16.2. The van der Waals surface area contributed by atoms with Crippen LogP contribution in [0.4, 0.5) is 5.69 Å². The highest BCUT2D eigenvalue weighted by molar-refractivity contribution is 6.03. The predicted molar refractivity (Wildman–Crippen MR) is 94.8 cm³/mol. The lowest BCUT2D eigenvalue weighted by Crippen LogP contribution is -2.26. The van der Waals surface area contributed by atoms with Crippen molar-refractivity contribution >= 4 is 11.6 Å². The number of amides is 1. The molecular formula is C19H22N4O. The summed E-state index contributed by atoms with van der Waals surface area (Å²) in [6.45, 7) is 4.09. The Bertz CT molecular complexity index is 791. The van der Waals surface area contributed by atoms with Crippen molar-refractivity contribution in [2.24, 2.45) is 13.0 Å². The van der Waals surface area contributed by atoms with Gasteiger partial charge in [-0.25, -0.2) is 0 Å². The fraction of sp³-hybridized carbons (Fsp3) is 0.368. The molecule has 0 radical (unpaired) electrons. The average Bonchev–Trinajstić information content (AvgIpc) is 3.02. The molecular weight excluding hydrogens is 300 g/mol. The number of anilines is 1.